The molecule has 0 N–H and O–H groups in total. The Hall–Kier alpha value is 0.571. The van der Waals surface area contributed by atoms with Gasteiger partial charge in [-0.2, -0.15) is 0 Å². The summed E-state index contributed by atoms with van der Waals surface area (Å²) < 4.78 is 12.8. The molecule has 5 heteroatoms. The van der Waals surface area contributed by atoms with Crippen molar-refractivity contribution < 1.29 is 10.9 Å². The molecule has 18 heavy (non-hydrogen) atoms. The molecule has 0 aromatic rings. The minimum atomic E-state index is -0.995. The van der Waals surface area contributed by atoms with Gasteiger partial charge in [-0.25, -0.2) is 0 Å². The van der Waals surface area contributed by atoms with Gasteiger partial charge >= 0.3 is 1.43 Å². The minimum absolute atomic E-state index is 0. The van der Waals surface area contributed by atoms with Crippen LogP contribution in [0, 0.1) is 0 Å². The molecule has 0 radical (unpaired) electrons. The van der Waals surface area contributed by atoms with E-state index in [2.05, 4.69) is 19.6 Å². The van der Waals surface area contributed by atoms with Crippen molar-refractivity contribution in [1.82, 2.24) is 0 Å². The maximum atomic E-state index is 6.47. The van der Waals surface area contributed by atoms with Crippen LogP contribution in [-0.2, 0) is 9.47 Å². The first-order valence-corrected chi connectivity index (χ1v) is 14.0. The zero-order chi connectivity index (χ0) is 13.2. The molecule has 0 spiro atoms. The van der Waals surface area contributed by atoms with Gasteiger partial charge in [0.1, 0.15) is 8.80 Å². The van der Waals surface area contributed by atoms with E-state index in [0.717, 1.165) is 13.2 Å². The van der Waals surface area contributed by atoms with Gasteiger partial charge in [0.2, 0.25) is 0 Å². The van der Waals surface area contributed by atoms with Crippen molar-refractivity contribution in [3.8, 4) is 0 Å². The van der Waals surface area contributed by atoms with Crippen LogP contribution >= 0.6 is 0 Å². The lowest BCUT2D eigenvalue weighted by atomic mass is 10.2. The summed E-state index contributed by atoms with van der Waals surface area (Å²) in [6, 6.07) is 0. The average Bonchev–Trinajstić information content (AvgIpc) is 2.39. The van der Waals surface area contributed by atoms with Gasteiger partial charge in [-0.3, -0.25) is 0 Å². The number of ether oxygens (including phenoxy) is 2. The lowest BCUT2D eigenvalue weighted by Crippen LogP contribution is -2.68. The maximum absolute atomic E-state index is 6.47. The van der Waals surface area contributed by atoms with E-state index in [1.54, 1.807) is 0 Å². The highest BCUT2D eigenvalue weighted by molar-refractivity contribution is 6.85. The minimum Gasteiger partial charge on any atom is -0.383 e. The van der Waals surface area contributed by atoms with Crippen LogP contribution in [0.1, 0.15) is 40.0 Å². The van der Waals surface area contributed by atoms with Gasteiger partial charge in [0.25, 0.3) is 0 Å². The smallest absolute Gasteiger partial charge is 0.383 e. The Bertz CT molecular complexity index is 277. The van der Waals surface area contributed by atoms with Crippen LogP contribution in [0.3, 0.4) is 0 Å². The summed E-state index contributed by atoms with van der Waals surface area (Å²) in [7, 11) is -0.565. The molecule has 2 aliphatic rings. The SMILES string of the molecule is C[SiH](C)C1([SiH](C)C2([SiH3])CCCCO2)CCCCO1.[H+]. The summed E-state index contributed by atoms with van der Waals surface area (Å²) in [4.78, 5) is 0.671. The molecule has 0 amide bonds. The predicted molar refractivity (Wildman–Crippen MR) is 88.0 cm³/mol. The summed E-state index contributed by atoms with van der Waals surface area (Å²) in [5, 5.41) is 0. The number of rotatable bonds is 3. The van der Waals surface area contributed by atoms with Gasteiger partial charge < -0.3 is 9.47 Å². The van der Waals surface area contributed by atoms with Crippen LogP contribution in [-0.4, -0.2) is 50.7 Å². The molecule has 2 fully saturated rings. The second-order valence-corrected chi connectivity index (χ2v) is 17.2. The fraction of sp³-hybridized carbons (Fsp3) is 1.00. The van der Waals surface area contributed by atoms with E-state index >= 15 is 0 Å². The second-order valence-electron chi connectivity index (χ2n) is 6.76. The van der Waals surface area contributed by atoms with Crippen molar-refractivity contribution in [3.63, 3.8) is 0 Å². The molecule has 106 valence electrons. The Kier molecular flexibility index (Phi) is 4.92. The molecule has 2 nitrogen and oxygen atoms in total. The highest BCUT2D eigenvalue weighted by Crippen LogP contribution is 2.37. The zero-order valence-electron chi connectivity index (χ0n) is 13.6. The van der Waals surface area contributed by atoms with E-state index in [9.17, 15) is 0 Å². The van der Waals surface area contributed by atoms with Crippen LogP contribution in [0.25, 0.3) is 0 Å². The molecular weight excluding hydrogens is 272 g/mol. The molecule has 0 bridgehead atoms. The normalized spacial score (nSPS) is 40.0. The van der Waals surface area contributed by atoms with Crippen molar-refractivity contribution in [2.45, 2.75) is 67.9 Å². The Morgan fingerprint density at radius 2 is 1.56 bits per heavy atom. The van der Waals surface area contributed by atoms with E-state index < -0.39 is 17.6 Å². The van der Waals surface area contributed by atoms with Crippen LogP contribution in [0.5, 0.6) is 0 Å². The van der Waals surface area contributed by atoms with E-state index in [4.69, 9.17) is 9.47 Å². The van der Waals surface area contributed by atoms with Gasteiger partial charge in [-0.05, 0) is 38.5 Å². The third kappa shape index (κ3) is 2.70. The summed E-state index contributed by atoms with van der Waals surface area (Å²) in [5.74, 6) is 0. The lowest BCUT2D eigenvalue weighted by Gasteiger charge is -2.52. The van der Waals surface area contributed by atoms with Gasteiger partial charge in [-0.15, -0.1) is 0 Å². The highest BCUT2D eigenvalue weighted by atomic mass is 28.3. The summed E-state index contributed by atoms with van der Waals surface area (Å²) in [5.41, 5.74) is 0. The molecular formula is C13H31O2Si3+. The van der Waals surface area contributed by atoms with Crippen molar-refractivity contribution >= 4 is 27.8 Å². The Labute approximate surface area is 120 Å². The van der Waals surface area contributed by atoms with E-state index in [0.29, 0.717) is 9.70 Å². The molecule has 2 heterocycles. The van der Waals surface area contributed by atoms with Gasteiger partial charge in [-0.1, -0.05) is 19.6 Å². The Balaban J connectivity index is 0.00000180. The van der Waals surface area contributed by atoms with Crippen molar-refractivity contribution in [2.24, 2.45) is 0 Å². The second kappa shape index (κ2) is 5.91. The Morgan fingerprint density at radius 3 is 2.00 bits per heavy atom. The van der Waals surface area contributed by atoms with Gasteiger partial charge in [0.05, 0.1) is 8.80 Å². The van der Waals surface area contributed by atoms with E-state index in [1.807, 2.05) is 0 Å². The molecule has 2 saturated heterocycles. The van der Waals surface area contributed by atoms with E-state index in [-0.39, 0.29) is 1.43 Å². The Morgan fingerprint density at radius 1 is 0.944 bits per heavy atom. The van der Waals surface area contributed by atoms with E-state index in [1.165, 1.54) is 48.8 Å². The summed E-state index contributed by atoms with van der Waals surface area (Å²) in [6.45, 7) is 9.60. The first-order valence-electron chi connectivity index (χ1n) is 7.79. The standard InChI is InChI=1S/C13H30O2Si3/c1-17(2)13(9-5-7-11-15-13)18(3)12(16)8-4-6-10-14-12/h17-18H,4-11H2,1-3,16H3/p+1. The lowest BCUT2D eigenvalue weighted by molar-refractivity contribution is -0.00147. The first kappa shape index (κ1) is 15.0. The van der Waals surface area contributed by atoms with Crippen LogP contribution < -0.4 is 0 Å². The molecule has 0 saturated carbocycles. The summed E-state index contributed by atoms with van der Waals surface area (Å²) in [6.07, 6.45) is 8.00. The molecule has 2 aliphatic heterocycles. The molecule has 0 aliphatic carbocycles. The summed E-state index contributed by atoms with van der Waals surface area (Å²) >= 11 is 0. The predicted octanol–water partition coefficient (Wildman–Crippen LogP) is 1.26. The van der Waals surface area contributed by atoms with Gasteiger partial charge in [0, 0.05) is 33.2 Å². The van der Waals surface area contributed by atoms with Crippen molar-refractivity contribution in [2.75, 3.05) is 13.2 Å². The molecule has 3 unspecified atom stereocenters. The zero-order valence-corrected chi connectivity index (χ0v) is 16.9. The maximum Gasteiger partial charge on any atom is 1.00 e. The van der Waals surface area contributed by atoms with Crippen molar-refractivity contribution in [1.29, 1.82) is 0 Å². The van der Waals surface area contributed by atoms with Crippen molar-refractivity contribution in [3.05, 3.63) is 0 Å². The third-order valence-electron chi connectivity index (χ3n) is 5.46. The molecule has 2 rings (SSSR count). The quantitative estimate of drug-likeness (QED) is 0.731. The topological polar surface area (TPSA) is 18.5 Å². The van der Waals surface area contributed by atoms with Crippen LogP contribution in [0.2, 0.25) is 19.6 Å². The first-order chi connectivity index (χ1) is 8.51. The largest absolute Gasteiger partial charge is 1.00 e. The highest BCUT2D eigenvalue weighted by Gasteiger charge is 2.51. The monoisotopic (exact) mass is 303 g/mol. The number of hydrogen-bond acceptors (Lipinski definition) is 2. The average molecular weight is 304 g/mol. The fourth-order valence-corrected chi connectivity index (χ4v) is 16.3. The third-order valence-corrected chi connectivity index (χ3v) is 19.0. The molecule has 0 aromatic heterocycles. The number of hydrogen-bond donors (Lipinski definition) is 0. The molecule has 3 atom stereocenters. The van der Waals surface area contributed by atoms with Gasteiger partial charge in [0.15, 0.2) is 0 Å². The molecule has 0 aromatic carbocycles. The van der Waals surface area contributed by atoms with Crippen LogP contribution in [0.15, 0.2) is 0 Å². The fourth-order valence-electron chi connectivity index (χ4n) is 3.95. The van der Waals surface area contributed by atoms with Crippen LogP contribution in [0.4, 0.5) is 0 Å².